The maximum atomic E-state index is 14.5. The van der Waals surface area contributed by atoms with Crippen LogP contribution in [-0.4, -0.2) is 68.6 Å². The average Bonchev–Trinajstić information content (AvgIpc) is 3.39. The summed E-state index contributed by atoms with van der Waals surface area (Å²) < 4.78 is -0.798. The van der Waals surface area contributed by atoms with Crippen LogP contribution in [0.2, 0.25) is 5.02 Å². The van der Waals surface area contributed by atoms with Crippen molar-refractivity contribution in [2.24, 2.45) is 17.8 Å². The van der Waals surface area contributed by atoms with Crippen LogP contribution in [-0.2, 0) is 14.4 Å². The van der Waals surface area contributed by atoms with Gasteiger partial charge in [0.2, 0.25) is 5.91 Å². The molecular weight excluding hydrogens is 488 g/mol. The molecule has 2 N–H and O–H groups in total. The van der Waals surface area contributed by atoms with Crippen molar-refractivity contribution in [3.05, 3.63) is 41.4 Å². The highest BCUT2D eigenvalue weighted by atomic mass is 35.5. The van der Waals surface area contributed by atoms with Gasteiger partial charge in [-0.15, -0.1) is 18.3 Å². The summed E-state index contributed by atoms with van der Waals surface area (Å²) in [5.41, 5.74) is 1.42. The Balaban J connectivity index is 1.80. The van der Waals surface area contributed by atoms with Crippen LogP contribution in [0.4, 0.5) is 5.69 Å². The first-order chi connectivity index (χ1) is 16.7. The van der Waals surface area contributed by atoms with Crippen LogP contribution in [0.25, 0.3) is 0 Å². The van der Waals surface area contributed by atoms with Gasteiger partial charge in [0.1, 0.15) is 6.04 Å². The number of para-hydroxylation sites is 1. The van der Waals surface area contributed by atoms with E-state index in [-0.39, 0.29) is 36.1 Å². The van der Waals surface area contributed by atoms with Crippen molar-refractivity contribution in [3.8, 4) is 0 Å². The Labute approximate surface area is 215 Å². The first-order valence-electron chi connectivity index (χ1n) is 12.2. The Kier molecular flexibility index (Phi) is 7.55. The lowest BCUT2D eigenvalue weighted by atomic mass is 9.66. The molecule has 0 aromatic heterocycles. The molecule has 1 spiro atoms. The number of aliphatic carboxylic acids is 1. The third kappa shape index (κ3) is 4.07. The largest absolute Gasteiger partial charge is 0.481 e. The fourth-order valence-electron chi connectivity index (χ4n) is 6.43. The predicted octanol–water partition coefficient (Wildman–Crippen LogP) is 3.75. The van der Waals surface area contributed by atoms with Crippen LogP contribution >= 0.6 is 23.4 Å². The number of thioether (sulfide) groups is 1. The Bertz CT molecular complexity index is 1010. The number of benzene rings is 1. The van der Waals surface area contributed by atoms with Crippen LogP contribution in [0.5, 0.6) is 0 Å². The lowest BCUT2D eigenvalue weighted by Gasteiger charge is -2.40. The third-order valence-corrected chi connectivity index (χ3v) is 10.2. The average molecular weight is 521 g/mol. The van der Waals surface area contributed by atoms with Crippen molar-refractivity contribution >= 4 is 46.8 Å². The maximum Gasteiger partial charge on any atom is 0.308 e. The van der Waals surface area contributed by atoms with Crippen molar-refractivity contribution in [1.82, 2.24) is 4.90 Å². The number of amides is 2. The van der Waals surface area contributed by atoms with E-state index in [1.54, 1.807) is 21.9 Å². The molecule has 3 heterocycles. The normalized spacial score (nSPS) is 31.0. The van der Waals surface area contributed by atoms with Gasteiger partial charge in [0.25, 0.3) is 5.91 Å². The molecule has 1 aromatic carbocycles. The van der Waals surface area contributed by atoms with Crippen LogP contribution in [0.1, 0.15) is 38.2 Å². The number of aliphatic hydroxyl groups excluding tert-OH is 1. The summed E-state index contributed by atoms with van der Waals surface area (Å²) >= 11 is 8.09. The molecule has 9 heteroatoms. The molecule has 0 aliphatic carbocycles. The number of hydrogen-bond donors (Lipinski definition) is 2. The number of anilines is 1. The van der Waals surface area contributed by atoms with Gasteiger partial charge in [-0.1, -0.05) is 36.7 Å². The quantitative estimate of drug-likeness (QED) is 0.360. The zero-order valence-corrected chi connectivity index (χ0v) is 21.7. The predicted molar refractivity (Wildman–Crippen MR) is 138 cm³/mol. The Morgan fingerprint density at radius 2 is 2.09 bits per heavy atom. The maximum absolute atomic E-state index is 14.5. The van der Waals surface area contributed by atoms with Gasteiger partial charge in [0, 0.05) is 24.9 Å². The number of hydrogen-bond acceptors (Lipinski definition) is 5. The van der Waals surface area contributed by atoms with E-state index < -0.39 is 28.6 Å². The Morgan fingerprint density at radius 3 is 2.71 bits per heavy atom. The lowest BCUT2D eigenvalue weighted by molar-refractivity contribution is -0.149. The smallest absolute Gasteiger partial charge is 0.308 e. The van der Waals surface area contributed by atoms with Crippen molar-refractivity contribution < 1.29 is 24.6 Å². The Morgan fingerprint density at radius 1 is 1.34 bits per heavy atom. The highest BCUT2D eigenvalue weighted by Gasteiger charge is 2.76. The van der Waals surface area contributed by atoms with Crippen molar-refractivity contribution in [3.63, 3.8) is 0 Å². The fourth-order valence-corrected chi connectivity index (χ4v) is 9.16. The van der Waals surface area contributed by atoms with Gasteiger partial charge < -0.3 is 20.0 Å². The number of nitrogens with zero attached hydrogens (tertiary/aromatic N) is 2. The van der Waals surface area contributed by atoms with E-state index in [1.165, 1.54) is 11.8 Å². The standard InChI is InChI=1S/C26H33ClN2O5S/c1-4-11-28(21-15(2)9-8-10-17(21)27)24(32)22-26-16(3)14-18(35-26)19(25(33)34)20(26)23(31)29(22)12-6-5-7-13-30/h4,8-10,16,18-20,22,30H,1,5-7,11-14H2,2-3H3,(H,33,34)/t16?,18-,19+,20+,22?,26?/m1/s1. The number of aliphatic hydroxyl groups is 1. The molecule has 3 unspecified atom stereocenters. The summed E-state index contributed by atoms with van der Waals surface area (Å²) in [6.45, 7) is 8.40. The summed E-state index contributed by atoms with van der Waals surface area (Å²) in [6, 6.07) is 4.66. The van der Waals surface area contributed by atoms with Crippen molar-refractivity contribution in [2.45, 2.75) is 55.6 Å². The topological polar surface area (TPSA) is 98.2 Å². The second-order valence-corrected chi connectivity index (χ2v) is 11.8. The molecule has 2 bridgehead atoms. The van der Waals surface area contributed by atoms with E-state index in [2.05, 4.69) is 6.58 Å². The minimum absolute atomic E-state index is 0.0105. The van der Waals surface area contributed by atoms with E-state index in [9.17, 15) is 24.6 Å². The van der Waals surface area contributed by atoms with Gasteiger partial charge in [0.05, 0.1) is 27.3 Å². The zero-order valence-electron chi connectivity index (χ0n) is 20.2. The van der Waals surface area contributed by atoms with Gasteiger partial charge in [-0.05, 0) is 50.2 Å². The SMILES string of the molecule is C=CCN(C(=O)C1N(CCCCCO)C(=O)[C@@H]2[C@@H](C(=O)O)[C@H]3CC(C)C12S3)c1c(C)cccc1Cl. The summed E-state index contributed by atoms with van der Waals surface area (Å²) in [4.78, 5) is 43.8. The molecule has 3 aliphatic rings. The minimum atomic E-state index is -0.965. The number of rotatable bonds is 10. The van der Waals surface area contributed by atoms with E-state index in [0.29, 0.717) is 42.9 Å². The van der Waals surface area contributed by atoms with E-state index in [1.807, 2.05) is 26.0 Å². The van der Waals surface area contributed by atoms with Gasteiger partial charge >= 0.3 is 5.97 Å². The molecule has 3 aliphatic heterocycles. The summed E-state index contributed by atoms with van der Waals surface area (Å²) in [5, 5.41) is 19.5. The van der Waals surface area contributed by atoms with Crippen LogP contribution in [0.3, 0.4) is 0 Å². The third-order valence-electron chi connectivity index (χ3n) is 7.86. The number of unbranched alkanes of at least 4 members (excludes halogenated alkanes) is 2. The first-order valence-corrected chi connectivity index (χ1v) is 13.5. The van der Waals surface area contributed by atoms with Gasteiger partial charge in [-0.2, -0.15) is 0 Å². The molecule has 3 saturated heterocycles. The number of halogens is 1. The molecule has 6 atom stereocenters. The molecule has 2 amide bonds. The molecule has 3 fully saturated rings. The fraction of sp³-hybridized carbons (Fsp3) is 0.577. The van der Waals surface area contributed by atoms with Crippen LogP contribution in [0.15, 0.2) is 30.9 Å². The van der Waals surface area contributed by atoms with E-state index in [4.69, 9.17) is 11.6 Å². The monoisotopic (exact) mass is 520 g/mol. The number of aryl methyl sites for hydroxylation is 1. The molecule has 4 rings (SSSR count). The summed E-state index contributed by atoms with van der Waals surface area (Å²) in [5.74, 6) is -2.97. The minimum Gasteiger partial charge on any atom is -0.481 e. The van der Waals surface area contributed by atoms with Crippen molar-refractivity contribution in [1.29, 1.82) is 0 Å². The number of carbonyl (C=O) groups is 3. The second-order valence-electron chi connectivity index (χ2n) is 9.85. The molecule has 35 heavy (non-hydrogen) atoms. The number of carboxylic acids is 1. The molecule has 0 saturated carbocycles. The number of carboxylic acid groups (broad SMARTS) is 1. The summed E-state index contributed by atoms with van der Waals surface area (Å²) in [7, 11) is 0. The van der Waals surface area contributed by atoms with Gasteiger partial charge in [-0.25, -0.2) is 0 Å². The highest BCUT2D eigenvalue weighted by Crippen LogP contribution is 2.68. The lowest BCUT2D eigenvalue weighted by Crippen LogP contribution is -2.57. The van der Waals surface area contributed by atoms with Gasteiger partial charge in [0.15, 0.2) is 0 Å². The number of likely N-dealkylation sites (tertiary alicyclic amines) is 1. The van der Waals surface area contributed by atoms with E-state index in [0.717, 1.165) is 5.56 Å². The zero-order chi connectivity index (χ0) is 25.5. The molecular formula is C26H33ClN2O5S. The molecule has 7 nitrogen and oxygen atoms in total. The number of fused-ring (bicyclic) bond motifs is 1. The Hall–Kier alpha value is -2.03. The van der Waals surface area contributed by atoms with Gasteiger partial charge in [-0.3, -0.25) is 14.4 Å². The van der Waals surface area contributed by atoms with Crippen molar-refractivity contribution in [2.75, 3.05) is 24.6 Å². The highest BCUT2D eigenvalue weighted by molar-refractivity contribution is 8.02. The van der Waals surface area contributed by atoms with Crippen LogP contribution in [0, 0.1) is 24.7 Å². The second kappa shape index (κ2) is 10.1. The van der Waals surface area contributed by atoms with E-state index >= 15 is 0 Å². The molecule has 190 valence electrons. The van der Waals surface area contributed by atoms with Crippen LogP contribution < -0.4 is 4.90 Å². The number of carbonyl (C=O) groups excluding carboxylic acids is 2. The molecule has 1 aromatic rings. The summed E-state index contributed by atoms with van der Waals surface area (Å²) in [6.07, 6.45) is 4.26. The first kappa shape index (κ1) is 26.0. The molecule has 0 radical (unpaired) electrons.